The largest absolute Gasteiger partial charge is 0.378 e. The SMILES string of the molecule is C=CCC(N)C1CCN(C(=O)NCc2ccc(N(C)C)cc2)CC1. The predicted molar refractivity (Wildman–Crippen MR) is 100 cm³/mol. The minimum atomic E-state index is 0.0161. The normalized spacial score (nSPS) is 16.5. The first kappa shape index (κ1) is 18.3. The Balaban J connectivity index is 1.76. The molecule has 0 spiro atoms. The highest BCUT2D eigenvalue weighted by Crippen LogP contribution is 2.21. The number of hydrogen-bond donors (Lipinski definition) is 2. The minimum Gasteiger partial charge on any atom is -0.378 e. The number of piperidine rings is 1. The van der Waals surface area contributed by atoms with E-state index in [0.29, 0.717) is 12.5 Å². The first-order valence-electron chi connectivity index (χ1n) is 8.66. The van der Waals surface area contributed by atoms with Crippen molar-refractivity contribution < 1.29 is 4.79 Å². The van der Waals surface area contributed by atoms with Gasteiger partial charge in [0.1, 0.15) is 0 Å². The Bertz CT molecular complexity index is 533. The maximum absolute atomic E-state index is 12.3. The van der Waals surface area contributed by atoms with Gasteiger partial charge in [0.15, 0.2) is 0 Å². The summed E-state index contributed by atoms with van der Waals surface area (Å²) in [6, 6.07) is 8.42. The molecule has 2 rings (SSSR count). The topological polar surface area (TPSA) is 61.6 Å². The fraction of sp³-hybridized carbons (Fsp3) is 0.526. The highest BCUT2D eigenvalue weighted by atomic mass is 16.2. The molecule has 0 saturated carbocycles. The average molecular weight is 330 g/mol. The summed E-state index contributed by atoms with van der Waals surface area (Å²) in [5, 5.41) is 3.01. The van der Waals surface area contributed by atoms with Crippen molar-refractivity contribution >= 4 is 11.7 Å². The first-order chi connectivity index (χ1) is 11.5. The molecule has 0 radical (unpaired) electrons. The number of urea groups is 1. The van der Waals surface area contributed by atoms with E-state index in [1.807, 2.05) is 25.1 Å². The van der Waals surface area contributed by atoms with Crippen LogP contribution in [-0.2, 0) is 6.54 Å². The summed E-state index contributed by atoms with van der Waals surface area (Å²) in [4.78, 5) is 16.3. The molecule has 1 aromatic rings. The number of nitrogens with one attached hydrogen (secondary N) is 1. The fourth-order valence-corrected chi connectivity index (χ4v) is 3.12. The molecule has 1 atom stereocenters. The van der Waals surface area contributed by atoms with E-state index in [0.717, 1.165) is 43.6 Å². The van der Waals surface area contributed by atoms with Gasteiger partial charge in [-0.25, -0.2) is 4.79 Å². The van der Waals surface area contributed by atoms with Gasteiger partial charge in [0.05, 0.1) is 0 Å². The zero-order chi connectivity index (χ0) is 17.5. The van der Waals surface area contributed by atoms with Crippen molar-refractivity contribution in [1.29, 1.82) is 0 Å². The van der Waals surface area contributed by atoms with Crippen LogP contribution in [0.4, 0.5) is 10.5 Å². The molecule has 5 heteroatoms. The van der Waals surface area contributed by atoms with Crippen LogP contribution in [-0.4, -0.2) is 44.2 Å². The zero-order valence-electron chi connectivity index (χ0n) is 14.9. The van der Waals surface area contributed by atoms with E-state index in [9.17, 15) is 4.79 Å². The Morgan fingerprint density at radius 2 is 2.00 bits per heavy atom. The van der Waals surface area contributed by atoms with E-state index >= 15 is 0 Å². The molecular weight excluding hydrogens is 300 g/mol. The van der Waals surface area contributed by atoms with Gasteiger partial charge in [0.2, 0.25) is 0 Å². The summed E-state index contributed by atoms with van der Waals surface area (Å²) in [5.74, 6) is 0.491. The molecule has 2 amide bonds. The number of hydrogen-bond acceptors (Lipinski definition) is 3. The number of rotatable bonds is 6. The quantitative estimate of drug-likeness (QED) is 0.788. The molecule has 1 aliphatic heterocycles. The highest BCUT2D eigenvalue weighted by Gasteiger charge is 2.25. The van der Waals surface area contributed by atoms with E-state index in [4.69, 9.17) is 5.73 Å². The van der Waals surface area contributed by atoms with Crippen LogP contribution in [0.3, 0.4) is 0 Å². The lowest BCUT2D eigenvalue weighted by Gasteiger charge is -2.34. The minimum absolute atomic E-state index is 0.0161. The van der Waals surface area contributed by atoms with Crippen LogP contribution in [0.5, 0.6) is 0 Å². The first-order valence-corrected chi connectivity index (χ1v) is 8.66. The molecule has 0 bridgehead atoms. The van der Waals surface area contributed by atoms with Crippen LogP contribution < -0.4 is 16.0 Å². The van der Waals surface area contributed by atoms with E-state index in [-0.39, 0.29) is 12.1 Å². The van der Waals surface area contributed by atoms with Gasteiger partial charge in [-0.2, -0.15) is 0 Å². The average Bonchev–Trinajstić information content (AvgIpc) is 2.60. The second kappa shape index (κ2) is 8.73. The summed E-state index contributed by atoms with van der Waals surface area (Å²) in [7, 11) is 4.03. The molecule has 3 N–H and O–H groups in total. The van der Waals surface area contributed by atoms with Gasteiger partial charge < -0.3 is 20.9 Å². The molecule has 5 nitrogen and oxygen atoms in total. The Morgan fingerprint density at radius 3 is 2.54 bits per heavy atom. The van der Waals surface area contributed by atoms with Gasteiger partial charge in [-0.05, 0) is 42.9 Å². The van der Waals surface area contributed by atoms with E-state index in [1.165, 1.54) is 0 Å². The molecule has 1 aliphatic rings. The molecule has 1 fully saturated rings. The van der Waals surface area contributed by atoms with Crippen molar-refractivity contribution in [2.24, 2.45) is 11.7 Å². The van der Waals surface area contributed by atoms with Crippen molar-refractivity contribution in [1.82, 2.24) is 10.2 Å². The number of amides is 2. The van der Waals surface area contributed by atoms with Gasteiger partial charge in [0, 0.05) is 45.5 Å². The second-order valence-electron chi connectivity index (χ2n) is 6.73. The lowest BCUT2D eigenvalue weighted by atomic mass is 9.88. The molecule has 1 saturated heterocycles. The van der Waals surface area contributed by atoms with Gasteiger partial charge in [-0.1, -0.05) is 18.2 Å². The number of anilines is 1. The van der Waals surface area contributed by atoms with Crippen LogP contribution in [0.2, 0.25) is 0 Å². The molecule has 1 unspecified atom stereocenters. The predicted octanol–water partition coefficient (Wildman–Crippen LogP) is 2.58. The van der Waals surface area contributed by atoms with Gasteiger partial charge in [-0.15, -0.1) is 6.58 Å². The zero-order valence-corrected chi connectivity index (χ0v) is 14.9. The maximum atomic E-state index is 12.3. The maximum Gasteiger partial charge on any atom is 0.317 e. The van der Waals surface area contributed by atoms with Crippen molar-refractivity contribution in [2.45, 2.75) is 31.8 Å². The monoisotopic (exact) mass is 330 g/mol. The molecule has 24 heavy (non-hydrogen) atoms. The van der Waals surface area contributed by atoms with Crippen molar-refractivity contribution in [3.05, 3.63) is 42.5 Å². The Kier molecular flexibility index (Phi) is 6.67. The smallest absolute Gasteiger partial charge is 0.317 e. The third kappa shape index (κ3) is 4.99. The van der Waals surface area contributed by atoms with E-state index in [2.05, 4.69) is 41.1 Å². The lowest BCUT2D eigenvalue weighted by molar-refractivity contribution is 0.162. The summed E-state index contributed by atoms with van der Waals surface area (Å²) in [6.45, 7) is 5.86. The Labute approximate surface area is 145 Å². The molecule has 0 aliphatic carbocycles. The van der Waals surface area contributed by atoms with Crippen LogP contribution >= 0.6 is 0 Å². The van der Waals surface area contributed by atoms with Crippen molar-refractivity contribution in [3.63, 3.8) is 0 Å². The fourth-order valence-electron chi connectivity index (χ4n) is 3.12. The summed E-state index contributed by atoms with van der Waals surface area (Å²) < 4.78 is 0. The molecule has 0 aromatic heterocycles. The standard InChI is InChI=1S/C19H30N4O/c1-4-5-18(20)16-10-12-23(13-11-16)19(24)21-14-15-6-8-17(9-7-15)22(2)3/h4,6-9,16,18H,1,5,10-14,20H2,2-3H3,(H,21,24). The number of carbonyl (C=O) groups excluding carboxylic acids is 1. The van der Waals surface area contributed by atoms with Crippen LogP contribution in [0, 0.1) is 5.92 Å². The third-order valence-corrected chi connectivity index (χ3v) is 4.77. The van der Waals surface area contributed by atoms with Crippen LogP contribution in [0.1, 0.15) is 24.8 Å². The summed E-state index contributed by atoms with van der Waals surface area (Å²) in [6.07, 6.45) is 4.67. The van der Waals surface area contributed by atoms with Crippen LogP contribution in [0.15, 0.2) is 36.9 Å². The molecular formula is C19H30N4O. The number of nitrogens with zero attached hydrogens (tertiary/aromatic N) is 2. The van der Waals surface area contributed by atoms with Crippen LogP contribution in [0.25, 0.3) is 0 Å². The molecule has 1 aromatic carbocycles. The third-order valence-electron chi connectivity index (χ3n) is 4.77. The lowest BCUT2D eigenvalue weighted by Crippen LogP contribution is -2.47. The van der Waals surface area contributed by atoms with Crippen molar-refractivity contribution in [2.75, 3.05) is 32.1 Å². The molecule has 132 valence electrons. The summed E-state index contributed by atoms with van der Waals surface area (Å²) in [5.41, 5.74) is 8.42. The number of benzene rings is 1. The van der Waals surface area contributed by atoms with E-state index in [1.54, 1.807) is 0 Å². The highest BCUT2D eigenvalue weighted by molar-refractivity contribution is 5.74. The number of carbonyl (C=O) groups is 1. The van der Waals surface area contributed by atoms with Crippen molar-refractivity contribution in [3.8, 4) is 0 Å². The van der Waals surface area contributed by atoms with Gasteiger partial charge in [-0.3, -0.25) is 0 Å². The Hall–Kier alpha value is -2.01. The second-order valence-corrected chi connectivity index (χ2v) is 6.73. The van der Waals surface area contributed by atoms with Gasteiger partial charge >= 0.3 is 6.03 Å². The summed E-state index contributed by atoms with van der Waals surface area (Å²) >= 11 is 0. The molecule has 1 heterocycles. The number of likely N-dealkylation sites (tertiary alicyclic amines) is 1. The van der Waals surface area contributed by atoms with Gasteiger partial charge in [0.25, 0.3) is 0 Å². The Morgan fingerprint density at radius 1 is 1.38 bits per heavy atom. The van der Waals surface area contributed by atoms with E-state index < -0.39 is 0 Å². The number of nitrogens with two attached hydrogens (primary N) is 1.